The molecule has 1 nitrogen and oxygen atoms in total. The van der Waals surface area contributed by atoms with Crippen molar-refractivity contribution in [3.63, 3.8) is 0 Å². The number of hydrogen-bond acceptors (Lipinski definition) is 1. The summed E-state index contributed by atoms with van der Waals surface area (Å²) in [7, 11) is 0. The fourth-order valence-electron chi connectivity index (χ4n) is 1.32. The Kier molecular flexibility index (Phi) is 2.71. The van der Waals surface area contributed by atoms with Crippen molar-refractivity contribution >= 4 is 0 Å². The monoisotopic (exact) mass is 194 g/mol. The highest BCUT2D eigenvalue weighted by atomic mass is 19.4. The Morgan fingerprint density at radius 1 is 1.31 bits per heavy atom. The summed E-state index contributed by atoms with van der Waals surface area (Å²) < 4.78 is 37.3. The van der Waals surface area contributed by atoms with Gasteiger partial charge >= 0.3 is 6.18 Å². The second-order valence-corrected chi connectivity index (χ2v) is 3.44. The molecule has 1 atom stereocenters. The molecular weight excluding hydrogens is 181 g/mol. The molecule has 0 radical (unpaired) electrons. The first-order chi connectivity index (χ1) is 5.92. The predicted molar refractivity (Wildman–Crippen MR) is 43.2 cm³/mol. The fourth-order valence-corrected chi connectivity index (χ4v) is 1.32. The molecule has 0 saturated carbocycles. The van der Waals surface area contributed by atoms with Gasteiger partial charge in [0.2, 0.25) is 0 Å². The lowest BCUT2D eigenvalue weighted by Crippen LogP contribution is -2.47. The standard InChI is InChI=1S/C9H13F3O/c1-2-3-6-8(13,7-4-5-7)9(10,11)12/h4-5,7,13H,2-3,6H2,1H3. The fraction of sp³-hybridized carbons (Fsp3) is 0.778. The number of alkyl halides is 3. The maximum absolute atomic E-state index is 12.4. The lowest BCUT2D eigenvalue weighted by molar-refractivity contribution is -0.268. The van der Waals surface area contributed by atoms with Gasteiger partial charge in [-0.15, -0.1) is 0 Å². The summed E-state index contributed by atoms with van der Waals surface area (Å²) in [5, 5.41) is 9.43. The molecule has 76 valence electrons. The number of aliphatic hydroxyl groups is 1. The predicted octanol–water partition coefficient (Wildman–Crippen LogP) is 2.66. The van der Waals surface area contributed by atoms with Crippen molar-refractivity contribution in [2.24, 2.45) is 5.92 Å². The highest BCUT2D eigenvalue weighted by Crippen LogP contribution is 2.45. The van der Waals surface area contributed by atoms with Crippen LogP contribution >= 0.6 is 0 Å². The summed E-state index contributed by atoms with van der Waals surface area (Å²) in [4.78, 5) is 0. The molecular formula is C9H13F3O. The van der Waals surface area contributed by atoms with Crippen molar-refractivity contribution in [3.05, 3.63) is 12.2 Å². The second-order valence-electron chi connectivity index (χ2n) is 3.44. The van der Waals surface area contributed by atoms with Crippen molar-refractivity contribution in [3.8, 4) is 0 Å². The Bertz CT molecular complexity index is 203. The smallest absolute Gasteiger partial charge is 0.380 e. The third-order valence-corrected chi connectivity index (χ3v) is 2.34. The number of unbranched alkanes of at least 4 members (excludes halogenated alkanes) is 1. The lowest BCUT2D eigenvalue weighted by Gasteiger charge is -2.30. The van der Waals surface area contributed by atoms with Gasteiger partial charge in [-0.3, -0.25) is 0 Å². The molecule has 0 saturated heterocycles. The van der Waals surface area contributed by atoms with Gasteiger partial charge in [-0.1, -0.05) is 31.9 Å². The van der Waals surface area contributed by atoms with Crippen LogP contribution in [0.2, 0.25) is 0 Å². The van der Waals surface area contributed by atoms with Gasteiger partial charge in [0.25, 0.3) is 0 Å². The zero-order valence-corrected chi connectivity index (χ0v) is 7.43. The highest BCUT2D eigenvalue weighted by molar-refractivity contribution is 5.23. The van der Waals surface area contributed by atoms with E-state index in [0.717, 1.165) is 0 Å². The third kappa shape index (κ3) is 2.05. The van der Waals surface area contributed by atoms with Crippen LogP contribution in [0.1, 0.15) is 26.2 Å². The largest absolute Gasteiger partial charge is 0.418 e. The SMILES string of the molecule is CCCCC(O)(C1C=C1)C(F)(F)F. The summed E-state index contributed by atoms with van der Waals surface area (Å²) in [5.41, 5.74) is -2.51. The van der Waals surface area contributed by atoms with Gasteiger partial charge in [0.15, 0.2) is 5.60 Å². The van der Waals surface area contributed by atoms with E-state index >= 15 is 0 Å². The third-order valence-electron chi connectivity index (χ3n) is 2.34. The molecule has 0 spiro atoms. The molecule has 1 aliphatic rings. The van der Waals surface area contributed by atoms with Gasteiger partial charge in [0, 0.05) is 5.92 Å². The summed E-state index contributed by atoms with van der Waals surface area (Å²) >= 11 is 0. The molecule has 1 aliphatic carbocycles. The van der Waals surface area contributed by atoms with Crippen LogP contribution < -0.4 is 0 Å². The summed E-state index contributed by atoms with van der Waals surface area (Å²) in [6.07, 6.45) is -0.882. The molecule has 0 bridgehead atoms. The van der Waals surface area contributed by atoms with Crippen LogP contribution in [0.5, 0.6) is 0 Å². The summed E-state index contributed by atoms with van der Waals surface area (Å²) in [6, 6.07) is 0. The minimum atomic E-state index is -4.52. The van der Waals surface area contributed by atoms with E-state index in [1.54, 1.807) is 6.92 Å². The maximum Gasteiger partial charge on any atom is 0.418 e. The Balaban J connectivity index is 2.63. The normalized spacial score (nSPS) is 21.6. The molecule has 1 rings (SSSR count). The second kappa shape index (κ2) is 3.33. The van der Waals surface area contributed by atoms with Gasteiger partial charge in [0.1, 0.15) is 0 Å². The van der Waals surface area contributed by atoms with Gasteiger partial charge in [-0.2, -0.15) is 13.2 Å². The van der Waals surface area contributed by atoms with E-state index in [1.165, 1.54) is 12.2 Å². The average Bonchev–Trinajstić information content (AvgIpc) is 2.80. The number of rotatable bonds is 4. The van der Waals surface area contributed by atoms with Crippen LogP contribution in [0.3, 0.4) is 0 Å². The van der Waals surface area contributed by atoms with E-state index < -0.39 is 17.7 Å². The van der Waals surface area contributed by atoms with Crippen molar-refractivity contribution in [2.75, 3.05) is 0 Å². The first-order valence-corrected chi connectivity index (χ1v) is 4.39. The molecule has 0 amide bonds. The van der Waals surface area contributed by atoms with Gasteiger partial charge in [0.05, 0.1) is 0 Å². The molecule has 0 aliphatic heterocycles. The van der Waals surface area contributed by atoms with E-state index in [2.05, 4.69) is 0 Å². The minimum absolute atomic E-state index is 0.204. The average molecular weight is 194 g/mol. The molecule has 13 heavy (non-hydrogen) atoms. The van der Waals surface area contributed by atoms with Crippen LogP contribution in [0, 0.1) is 5.92 Å². The Hall–Kier alpha value is -0.510. The Morgan fingerprint density at radius 2 is 1.85 bits per heavy atom. The van der Waals surface area contributed by atoms with Crippen LogP contribution in [0.15, 0.2) is 12.2 Å². The molecule has 0 aromatic heterocycles. The number of hydrogen-bond donors (Lipinski definition) is 1. The van der Waals surface area contributed by atoms with Gasteiger partial charge in [-0.25, -0.2) is 0 Å². The number of halogens is 3. The van der Waals surface area contributed by atoms with E-state index in [4.69, 9.17) is 0 Å². The van der Waals surface area contributed by atoms with Crippen LogP contribution in [-0.4, -0.2) is 16.9 Å². The van der Waals surface area contributed by atoms with Crippen molar-refractivity contribution in [2.45, 2.75) is 38.0 Å². The Labute approximate surface area is 75.3 Å². The quantitative estimate of drug-likeness (QED) is 0.682. The van der Waals surface area contributed by atoms with Crippen molar-refractivity contribution in [1.29, 1.82) is 0 Å². The Morgan fingerprint density at radius 3 is 2.15 bits per heavy atom. The molecule has 0 aromatic rings. The minimum Gasteiger partial charge on any atom is -0.380 e. The van der Waals surface area contributed by atoms with Gasteiger partial charge in [-0.05, 0) is 6.42 Å². The van der Waals surface area contributed by atoms with E-state index in [-0.39, 0.29) is 6.42 Å². The first-order valence-electron chi connectivity index (χ1n) is 4.39. The van der Waals surface area contributed by atoms with Crippen LogP contribution in [0.25, 0.3) is 0 Å². The summed E-state index contributed by atoms with van der Waals surface area (Å²) in [6.45, 7) is 1.80. The maximum atomic E-state index is 12.4. The zero-order valence-electron chi connectivity index (χ0n) is 7.43. The van der Waals surface area contributed by atoms with E-state index in [9.17, 15) is 18.3 Å². The molecule has 1 unspecified atom stereocenters. The molecule has 0 aromatic carbocycles. The van der Waals surface area contributed by atoms with Crippen LogP contribution in [-0.2, 0) is 0 Å². The molecule has 0 fully saturated rings. The topological polar surface area (TPSA) is 20.2 Å². The summed E-state index contributed by atoms with van der Waals surface area (Å²) in [5.74, 6) is -0.793. The lowest BCUT2D eigenvalue weighted by atomic mass is 9.89. The zero-order chi connectivity index (χ0) is 10.1. The van der Waals surface area contributed by atoms with E-state index in [1.807, 2.05) is 0 Å². The highest BCUT2D eigenvalue weighted by Gasteiger charge is 2.58. The van der Waals surface area contributed by atoms with Gasteiger partial charge < -0.3 is 5.11 Å². The first kappa shape index (κ1) is 10.6. The van der Waals surface area contributed by atoms with Crippen LogP contribution in [0.4, 0.5) is 13.2 Å². The van der Waals surface area contributed by atoms with Crippen molar-refractivity contribution < 1.29 is 18.3 Å². The molecule has 4 heteroatoms. The van der Waals surface area contributed by atoms with E-state index in [0.29, 0.717) is 12.8 Å². The molecule has 1 N–H and O–H groups in total. The molecule has 0 heterocycles. The van der Waals surface area contributed by atoms with Crippen molar-refractivity contribution in [1.82, 2.24) is 0 Å².